The van der Waals surface area contributed by atoms with E-state index in [1.54, 1.807) is 0 Å². The number of carboxylic acid groups (broad SMARTS) is 1. The van der Waals surface area contributed by atoms with Crippen molar-refractivity contribution in [2.45, 2.75) is 0 Å². The summed E-state index contributed by atoms with van der Waals surface area (Å²) in [5, 5.41) is 17.6. The average molecular weight is 260 g/mol. The highest BCUT2D eigenvalue weighted by Crippen LogP contribution is 2.23. The molecule has 0 radical (unpaired) electrons. The molecule has 8 heteroatoms. The molecule has 0 unspecified atom stereocenters. The van der Waals surface area contributed by atoms with E-state index >= 15 is 0 Å². The normalized spacial score (nSPS) is 11.6. The Labute approximate surface area is 96.5 Å². The molecule has 0 aliphatic heterocycles. The van der Waals surface area contributed by atoms with Crippen LogP contribution in [0.25, 0.3) is 6.08 Å². The SMILES string of the molecule is O=C(O)/C=C/c1cc(O)cc(OS(=O)(=O)O)c1. The summed E-state index contributed by atoms with van der Waals surface area (Å²) in [6.45, 7) is 0. The number of aromatic hydroxyl groups is 1. The summed E-state index contributed by atoms with van der Waals surface area (Å²) in [7, 11) is -4.69. The van der Waals surface area contributed by atoms with Crippen molar-refractivity contribution < 1.29 is 32.2 Å². The van der Waals surface area contributed by atoms with E-state index in [0.717, 1.165) is 24.3 Å². The fraction of sp³-hybridized carbons (Fsp3) is 0. The topological polar surface area (TPSA) is 121 Å². The van der Waals surface area contributed by atoms with Crippen LogP contribution in [0.3, 0.4) is 0 Å². The number of carbonyl (C=O) groups is 1. The van der Waals surface area contributed by atoms with Gasteiger partial charge in [0.2, 0.25) is 0 Å². The Morgan fingerprint density at radius 1 is 1.29 bits per heavy atom. The number of carboxylic acids is 1. The quantitative estimate of drug-likeness (QED) is 0.537. The smallest absolute Gasteiger partial charge is 0.446 e. The van der Waals surface area contributed by atoms with Crippen LogP contribution in [-0.4, -0.2) is 29.2 Å². The van der Waals surface area contributed by atoms with E-state index in [2.05, 4.69) is 4.18 Å². The van der Waals surface area contributed by atoms with Crippen molar-refractivity contribution in [1.82, 2.24) is 0 Å². The van der Waals surface area contributed by atoms with Gasteiger partial charge < -0.3 is 14.4 Å². The van der Waals surface area contributed by atoms with Crippen molar-refractivity contribution in [3.63, 3.8) is 0 Å². The van der Waals surface area contributed by atoms with Gasteiger partial charge in [-0.3, -0.25) is 4.55 Å². The van der Waals surface area contributed by atoms with Gasteiger partial charge in [0.25, 0.3) is 0 Å². The first-order valence-corrected chi connectivity index (χ1v) is 5.55. The molecule has 0 aromatic heterocycles. The van der Waals surface area contributed by atoms with Crippen molar-refractivity contribution >= 4 is 22.4 Å². The molecule has 92 valence electrons. The van der Waals surface area contributed by atoms with Crippen LogP contribution in [0.15, 0.2) is 24.3 Å². The van der Waals surface area contributed by atoms with Gasteiger partial charge in [-0.05, 0) is 23.8 Å². The largest absolute Gasteiger partial charge is 0.508 e. The fourth-order valence-electron chi connectivity index (χ4n) is 1.04. The number of aliphatic carboxylic acids is 1. The molecular weight excluding hydrogens is 252 g/mol. The summed E-state index contributed by atoms with van der Waals surface area (Å²) in [4.78, 5) is 10.3. The zero-order valence-electron chi connectivity index (χ0n) is 8.27. The van der Waals surface area contributed by atoms with Crippen LogP contribution in [0.5, 0.6) is 11.5 Å². The first-order valence-electron chi connectivity index (χ1n) is 4.18. The highest BCUT2D eigenvalue weighted by molar-refractivity contribution is 7.81. The third-order valence-corrected chi connectivity index (χ3v) is 1.94. The minimum absolute atomic E-state index is 0.200. The maximum atomic E-state index is 10.4. The second-order valence-electron chi connectivity index (χ2n) is 2.94. The van der Waals surface area contributed by atoms with Gasteiger partial charge in [-0.15, -0.1) is 0 Å². The summed E-state index contributed by atoms with van der Waals surface area (Å²) >= 11 is 0. The van der Waals surface area contributed by atoms with E-state index in [1.165, 1.54) is 6.07 Å². The van der Waals surface area contributed by atoms with Gasteiger partial charge in [-0.2, -0.15) is 8.42 Å². The van der Waals surface area contributed by atoms with Gasteiger partial charge in [-0.25, -0.2) is 4.79 Å². The monoisotopic (exact) mass is 260 g/mol. The third-order valence-electron chi connectivity index (χ3n) is 1.53. The molecule has 0 aliphatic rings. The summed E-state index contributed by atoms with van der Waals surface area (Å²) < 4.78 is 33.4. The van der Waals surface area contributed by atoms with Gasteiger partial charge in [0.05, 0.1) is 0 Å². The maximum Gasteiger partial charge on any atom is 0.446 e. The molecule has 0 aliphatic carbocycles. The summed E-state index contributed by atoms with van der Waals surface area (Å²) in [5.74, 6) is -1.88. The van der Waals surface area contributed by atoms with Gasteiger partial charge in [0, 0.05) is 12.1 Å². The molecule has 0 spiro atoms. The predicted molar refractivity (Wildman–Crippen MR) is 57.0 cm³/mol. The zero-order chi connectivity index (χ0) is 13.1. The van der Waals surface area contributed by atoms with Crippen LogP contribution in [0.1, 0.15) is 5.56 Å². The molecule has 1 aromatic rings. The number of phenolic OH excluding ortho intramolecular Hbond substituents is 1. The summed E-state index contributed by atoms with van der Waals surface area (Å²) in [6.07, 6.45) is 1.92. The fourth-order valence-corrected chi connectivity index (χ4v) is 1.38. The molecular formula is C9H8O7S. The number of hydrogen-bond acceptors (Lipinski definition) is 5. The Kier molecular flexibility index (Phi) is 3.71. The zero-order valence-corrected chi connectivity index (χ0v) is 9.09. The Bertz CT molecular complexity index is 559. The molecule has 17 heavy (non-hydrogen) atoms. The second-order valence-corrected chi connectivity index (χ2v) is 3.97. The molecule has 3 N–H and O–H groups in total. The molecule has 1 aromatic carbocycles. The molecule has 0 saturated carbocycles. The van der Waals surface area contributed by atoms with Crippen molar-refractivity contribution in [2.24, 2.45) is 0 Å². The molecule has 1 rings (SSSR count). The lowest BCUT2D eigenvalue weighted by Gasteiger charge is -2.03. The van der Waals surface area contributed by atoms with Crippen molar-refractivity contribution in [1.29, 1.82) is 0 Å². The minimum Gasteiger partial charge on any atom is -0.508 e. The highest BCUT2D eigenvalue weighted by Gasteiger charge is 2.08. The van der Waals surface area contributed by atoms with E-state index in [0.29, 0.717) is 0 Å². The van der Waals surface area contributed by atoms with Crippen LogP contribution >= 0.6 is 0 Å². The molecule has 0 fully saturated rings. The third kappa shape index (κ3) is 5.00. The lowest BCUT2D eigenvalue weighted by atomic mass is 10.2. The van der Waals surface area contributed by atoms with Crippen LogP contribution in [0, 0.1) is 0 Å². The standard InChI is InChI=1S/C9H8O7S/c10-7-3-6(1-2-9(11)12)4-8(5-7)16-17(13,14)15/h1-5,10H,(H,11,12)(H,13,14,15)/b2-1+. The minimum atomic E-state index is -4.69. The Morgan fingerprint density at radius 3 is 2.47 bits per heavy atom. The van der Waals surface area contributed by atoms with Gasteiger partial charge in [0.15, 0.2) is 0 Å². The van der Waals surface area contributed by atoms with Gasteiger partial charge >= 0.3 is 16.4 Å². The van der Waals surface area contributed by atoms with Gasteiger partial charge in [-0.1, -0.05) is 0 Å². The molecule has 0 bridgehead atoms. The van der Waals surface area contributed by atoms with Crippen LogP contribution in [0.4, 0.5) is 0 Å². The lowest BCUT2D eigenvalue weighted by molar-refractivity contribution is -0.131. The van der Waals surface area contributed by atoms with E-state index < -0.39 is 16.4 Å². The first-order chi connectivity index (χ1) is 7.76. The van der Waals surface area contributed by atoms with Gasteiger partial charge in [0.1, 0.15) is 11.5 Å². The average Bonchev–Trinajstić information content (AvgIpc) is 2.10. The second kappa shape index (κ2) is 4.85. The molecule has 0 heterocycles. The maximum absolute atomic E-state index is 10.4. The Balaban J connectivity index is 3.06. The Morgan fingerprint density at radius 2 is 1.94 bits per heavy atom. The number of rotatable bonds is 4. The van der Waals surface area contributed by atoms with E-state index in [-0.39, 0.29) is 17.1 Å². The van der Waals surface area contributed by atoms with Crippen LogP contribution < -0.4 is 4.18 Å². The number of phenols is 1. The lowest BCUT2D eigenvalue weighted by Crippen LogP contribution is -2.06. The summed E-state index contributed by atoms with van der Waals surface area (Å²) in [5.41, 5.74) is 0.200. The van der Waals surface area contributed by atoms with E-state index in [1.807, 2.05) is 0 Å². The van der Waals surface area contributed by atoms with Crippen molar-refractivity contribution in [2.75, 3.05) is 0 Å². The van der Waals surface area contributed by atoms with Crippen LogP contribution in [0.2, 0.25) is 0 Å². The molecule has 0 amide bonds. The number of benzene rings is 1. The van der Waals surface area contributed by atoms with Crippen molar-refractivity contribution in [3.05, 3.63) is 29.8 Å². The van der Waals surface area contributed by atoms with Crippen LogP contribution in [-0.2, 0) is 15.2 Å². The summed E-state index contributed by atoms with van der Waals surface area (Å²) in [6, 6.07) is 3.27. The first kappa shape index (κ1) is 13.0. The predicted octanol–water partition coefficient (Wildman–Crippen LogP) is 0.672. The molecule has 7 nitrogen and oxygen atoms in total. The van der Waals surface area contributed by atoms with E-state index in [4.69, 9.17) is 9.66 Å². The Hall–Kier alpha value is -2.06. The highest BCUT2D eigenvalue weighted by atomic mass is 32.3. The van der Waals surface area contributed by atoms with Crippen molar-refractivity contribution in [3.8, 4) is 11.5 Å². The molecule has 0 atom stereocenters. The number of hydrogen-bond donors (Lipinski definition) is 3. The molecule has 0 saturated heterocycles. The van der Waals surface area contributed by atoms with E-state index in [9.17, 15) is 18.3 Å².